The van der Waals surface area contributed by atoms with E-state index in [0.717, 1.165) is 176 Å². The van der Waals surface area contributed by atoms with Crippen molar-refractivity contribution in [2.75, 3.05) is 0 Å². The van der Waals surface area contributed by atoms with Crippen molar-refractivity contribution in [3.05, 3.63) is 166 Å². The molecule has 8 aliphatic carbocycles. The Hall–Kier alpha value is -8.96. The molecular formula is C116H148F12O12. The Bertz CT molecular complexity index is 4950. The first-order valence-electron chi connectivity index (χ1n) is 51.8. The third kappa shape index (κ3) is 24.3. The van der Waals surface area contributed by atoms with E-state index < -0.39 is 70.8 Å². The Kier molecular flexibility index (Phi) is 33.7. The third-order valence-electron chi connectivity index (χ3n) is 35.7. The first-order valence-corrected chi connectivity index (χ1v) is 51.8. The van der Waals surface area contributed by atoms with E-state index in [1.807, 2.05) is 107 Å². The predicted octanol–water partition coefficient (Wildman–Crippen LogP) is 33.8. The lowest BCUT2D eigenvalue weighted by atomic mass is 9.53. The summed E-state index contributed by atoms with van der Waals surface area (Å²) in [5.74, 6) is -1.24. The summed E-state index contributed by atoms with van der Waals surface area (Å²) in [6, 6.07) is 34.1. The molecule has 8 fully saturated rings. The monoisotopic (exact) mass is 1960 g/mol. The minimum atomic E-state index is -4.53. The number of carbonyl (C=O) groups is 4. The molecule has 8 aromatic rings. The lowest BCUT2D eigenvalue weighted by molar-refractivity contribution is -0.160. The zero-order valence-electron chi connectivity index (χ0n) is 84.5. The van der Waals surface area contributed by atoms with Crippen LogP contribution in [0, 0.1) is 92.7 Å². The lowest BCUT2D eigenvalue weighted by Crippen LogP contribution is -2.49. The molecular weight excluding hydrogens is 1810 g/mol. The molecule has 24 heteroatoms. The summed E-state index contributed by atoms with van der Waals surface area (Å²) < 4.78 is 196. The van der Waals surface area contributed by atoms with Crippen molar-refractivity contribution in [3.8, 4) is 23.0 Å². The standard InChI is InChI=1S/4C29H37F3O3/c4*1-5-18-6-11-22(12-7-18)35-25-13-10-19-8-9-20(15-23(19)26(25)29(30,31)32)17(2)14-21-16-24(27(33)34)28(21,3)4/h4*8-10,13,15,17-18,21-22,24H,5-7,11-12,14,16H2,1-4H3,(H,33,34)/t17-,18?,21+,22?,24+;17-,18?,21+,22?,24-;17-,18?,21-,22?,24+;17-,18?,21-,22?,24-/m1100/s1. The van der Waals surface area contributed by atoms with Gasteiger partial charge in [0.05, 0.1) is 48.1 Å². The van der Waals surface area contributed by atoms with Gasteiger partial charge >= 0.3 is 48.6 Å². The van der Waals surface area contributed by atoms with E-state index in [9.17, 15) is 92.3 Å². The topological polar surface area (TPSA) is 186 Å². The van der Waals surface area contributed by atoms with Crippen LogP contribution in [-0.2, 0) is 43.9 Å². The van der Waals surface area contributed by atoms with Crippen molar-refractivity contribution in [1.82, 2.24) is 0 Å². The number of fused-ring (bicyclic) bond motifs is 4. The molecule has 140 heavy (non-hydrogen) atoms. The number of ether oxygens (including phenoxy) is 4. The molecule has 0 radical (unpaired) electrons. The van der Waals surface area contributed by atoms with Crippen molar-refractivity contribution in [3.63, 3.8) is 0 Å². The molecule has 8 saturated carbocycles. The molecule has 12 atom stereocenters. The molecule has 0 saturated heterocycles. The largest absolute Gasteiger partial charge is 0.490 e. The zero-order chi connectivity index (χ0) is 102. The van der Waals surface area contributed by atoms with Gasteiger partial charge in [-0.15, -0.1) is 0 Å². The summed E-state index contributed by atoms with van der Waals surface area (Å²) in [7, 11) is 0. The number of rotatable bonds is 28. The molecule has 12 nitrogen and oxygen atoms in total. The summed E-state index contributed by atoms with van der Waals surface area (Å²) in [4.78, 5) is 45.9. The number of halogens is 12. The summed E-state index contributed by atoms with van der Waals surface area (Å²) in [6.07, 6.45) is 5.38. The van der Waals surface area contributed by atoms with Gasteiger partial charge in [0, 0.05) is 0 Å². The molecule has 8 aromatic carbocycles. The van der Waals surface area contributed by atoms with Crippen LogP contribution in [0.4, 0.5) is 52.7 Å². The summed E-state index contributed by atoms with van der Waals surface area (Å²) >= 11 is 0. The highest BCUT2D eigenvalue weighted by Crippen LogP contribution is 2.61. The van der Waals surface area contributed by atoms with Gasteiger partial charge in [0.15, 0.2) is 0 Å². The fraction of sp³-hybridized carbons (Fsp3) is 0.621. The average molecular weight is 1960 g/mol. The van der Waals surface area contributed by atoms with Crippen molar-refractivity contribution >= 4 is 67.0 Å². The molecule has 0 heterocycles. The number of benzene rings is 8. The van der Waals surface area contributed by atoms with Crippen molar-refractivity contribution in [1.29, 1.82) is 0 Å². The van der Waals surface area contributed by atoms with E-state index in [2.05, 4.69) is 27.7 Å². The molecule has 0 spiro atoms. The number of aliphatic carboxylic acids is 4. The maximum atomic E-state index is 14.3. The molecule has 8 aliphatic rings. The summed E-state index contributed by atoms with van der Waals surface area (Å²) in [5.41, 5.74) is -0.607. The zero-order valence-corrected chi connectivity index (χ0v) is 84.5. The molecule has 0 unspecified atom stereocenters. The Balaban J connectivity index is 0.000000157. The van der Waals surface area contributed by atoms with Gasteiger partial charge in [-0.3, -0.25) is 19.2 Å². The highest BCUT2D eigenvalue weighted by Gasteiger charge is 2.56. The van der Waals surface area contributed by atoms with Gasteiger partial charge in [-0.1, -0.05) is 234 Å². The van der Waals surface area contributed by atoms with Crippen molar-refractivity contribution < 1.29 is 111 Å². The van der Waals surface area contributed by atoms with E-state index in [-0.39, 0.29) is 162 Å². The first kappa shape index (κ1) is 108. The maximum Gasteiger partial charge on any atom is 0.420 e. The number of hydrogen-bond acceptors (Lipinski definition) is 8. The molecule has 0 aliphatic heterocycles. The van der Waals surface area contributed by atoms with Gasteiger partial charge in [0.1, 0.15) is 45.3 Å². The van der Waals surface area contributed by atoms with E-state index >= 15 is 0 Å². The second-order valence-electron chi connectivity index (χ2n) is 45.5. The Labute approximate surface area is 818 Å². The molecule has 0 amide bonds. The summed E-state index contributed by atoms with van der Waals surface area (Å²) in [5, 5.41) is 40.6. The van der Waals surface area contributed by atoms with Crippen LogP contribution in [0.3, 0.4) is 0 Å². The van der Waals surface area contributed by atoms with Crippen LogP contribution < -0.4 is 18.9 Å². The average Bonchev–Trinajstić information content (AvgIpc) is 0.780. The van der Waals surface area contributed by atoms with E-state index in [1.165, 1.54) is 24.3 Å². The van der Waals surface area contributed by atoms with Gasteiger partial charge in [-0.05, 0) is 336 Å². The van der Waals surface area contributed by atoms with Gasteiger partial charge < -0.3 is 39.4 Å². The van der Waals surface area contributed by atoms with Gasteiger partial charge in [-0.25, -0.2) is 0 Å². The highest BCUT2D eigenvalue weighted by molar-refractivity contribution is 5.92. The number of carboxylic acids is 4. The maximum absolute atomic E-state index is 14.3. The molecule has 0 aromatic heterocycles. The Morgan fingerprint density at radius 1 is 0.286 bits per heavy atom. The van der Waals surface area contributed by atoms with Crippen LogP contribution in [0.1, 0.15) is 359 Å². The minimum Gasteiger partial charge on any atom is -0.490 e. The predicted molar refractivity (Wildman–Crippen MR) is 527 cm³/mol. The van der Waals surface area contributed by atoms with Crippen LogP contribution >= 0.6 is 0 Å². The molecule has 768 valence electrons. The van der Waals surface area contributed by atoms with E-state index in [4.69, 9.17) is 18.9 Å². The summed E-state index contributed by atoms with van der Waals surface area (Å²) in [6.45, 7) is 32.5. The third-order valence-corrected chi connectivity index (χ3v) is 35.7. The number of hydrogen-bond donors (Lipinski definition) is 4. The van der Waals surface area contributed by atoms with Crippen LogP contribution in [0.25, 0.3) is 43.1 Å². The number of alkyl halides is 12. The molecule has 4 N–H and O–H groups in total. The minimum absolute atomic E-state index is 0.0217. The normalized spacial score (nSPS) is 27.3. The van der Waals surface area contributed by atoms with Gasteiger partial charge in [0.25, 0.3) is 0 Å². The molecule has 16 rings (SSSR count). The molecule has 0 bridgehead atoms. The Morgan fingerprint density at radius 2 is 0.450 bits per heavy atom. The Morgan fingerprint density at radius 3 is 0.593 bits per heavy atom. The van der Waals surface area contributed by atoms with E-state index in [0.29, 0.717) is 70.9 Å². The van der Waals surface area contributed by atoms with Crippen molar-refractivity contribution in [2.24, 2.45) is 92.7 Å². The lowest BCUT2D eigenvalue weighted by Gasteiger charge is -2.51. The SMILES string of the molecule is CCC1CCC(Oc2ccc3ccc([C@@H](C)C[C@H]4C[C@@H](C(=O)O)C4(C)C)cc3c2C(F)(F)F)CC1.CCC1CCC(Oc2ccc3ccc([C@@H](C)C[C@H]4C[C@H](C(=O)O)C4(C)C)cc3c2C(F)(F)F)CC1.CCC1CCC(Oc2ccc3ccc([C@H](C)C[C@H]4C[C@@H](C(=O)O)C4(C)C)cc3c2C(F)(F)F)CC1.CCC1CCC(Oc2ccc3ccc([C@H](C)C[C@H]4C[C@H](C(=O)O)C4(C)C)cc3c2C(F)(F)F)CC1. The second kappa shape index (κ2) is 43.5. The highest BCUT2D eigenvalue weighted by atomic mass is 19.4. The van der Waals surface area contributed by atoms with Gasteiger partial charge in [-0.2, -0.15) is 52.7 Å². The quantitative estimate of drug-likeness (QED) is 0.0341. The van der Waals surface area contributed by atoms with Crippen LogP contribution in [0.5, 0.6) is 23.0 Å². The second-order valence-corrected chi connectivity index (χ2v) is 45.5. The van der Waals surface area contributed by atoms with Gasteiger partial charge in [0.2, 0.25) is 0 Å². The fourth-order valence-corrected chi connectivity index (χ4v) is 25.0. The van der Waals surface area contributed by atoms with Crippen LogP contribution in [0.2, 0.25) is 0 Å². The number of carboxylic acid groups (broad SMARTS) is 4. The van der Waals surface area contributed by atoms with Crippen LogP contribution in [0.15, 0.2) is 121 Å². The fourth-order valence-electron chi connectivity index (χ4n) is 25.0. The van der Waals surface area contributed by atoms with E-state index in [1.54, 1.807) is 72.8 Å². The smallest absolute Gasteiger partial charge is 0.420 e. The first-order chi connectivity index (χ1) is 65.6. The van der Waals surface area contributed by atoms with Crippen molar-refractivity contribution in [2.45, 2.75) is 363 Å². The van der Waals surface area contributed by atoms with Crippen LogP contribution in [-0.4, -0.2) is 68.7 Å².